The zero-order valence-electron chi connectivity index (χ0n) is 30.7. The van der Waals surface area contributed by atoms with E-state index in [9.17, 15) is 24.3 Å². The number of carbonyl (C=O) groups excluding carboxylic acids is 3. The van der Waals surface area contributed by atoms with Gasteiger partial charge < -0.3 is 10.4 Å². The van der Waals surface area contributed by atoms with E-state index < -0.39 is 11.9 Å². The van der Waals surface area contributed by atoms with Crippen LogP contribution in [-0.2, 0) is 13.1 Å². The van der Waals surface area contributed by atoms with Gasteiger partial charge in [0.2, 0.25) is 0 Å². The van der Waals surface area contributed by atoms with E-state index in [0.29, 0.717) is 82.6 Å². The van der Waals surface area contributed by atoms with Crippen molar-refractivity contribution in [2.24, 2.45) is 0 Å². The molecule has 4 aromatic heterocycles. The molecule has 9 rings (SSSR count). The predicted octanol–water partition coefficient (Wildman–Crippen LogP) is 9.31. The Labute approximate surface area is 345 Å². The number of aromatic nitrogens is 4. The second-order valence-corrected chi connectivity index (χ2v) is 14.5. The fourth-order valence-electron chi connectivity index (χ4n) is 7.30. The van der Waals surface area contributed by atoms with Crippen LogP contribution in [0.25, 0.3) is 55.7 Å². The van der Waals surface area contributed by atoms with E-state index in [1.165, 1.54) is 17.0 Å². The van der Waals surface area contributed by atoms with Crippen molar-refractivity contribution in [3.05, 3.63) is 177 Å². The third kappa shape index (κ3) is 6.82. The largest absolute Gasteiger partial charge is 0.478 e. The van der Waals surface area contributed by atoms with E-state index in [1.54, 1.807) is 73.1 Å². The van der Waals surface area contributed by atoms with Gasteiger partial charge in [0.15, 0.2) is 0 Å². The fourth-order valence-corrected chi connectivity index (χ4v) is 7.85. The maximum atomic E-state index is 13.4. The molecule has 13 heteroatoms. The van der Waals surface area contributed by atoms with Crippen LogP contribution in [0.3, 0.4) is 0 Å². The summed E-state index contributed by atoms with van der Waals surface area (Å²) in [4.78, 5) is 72.2. The highest BCUT2D eigenvalue weighted by Gasteiger charge is 2.36. The molecular weight excluding hydrogens is 787 g/mol. The van der Waals surface area contributed by atoms with Gasteiger partial charge in [0.05, 0.1) is 72.7 Å². The summed E-state index contributed by atoms with van der Waals surface area (Å²) in [5, 5.41) is 14.7. The molecule has 0 saturated heterocycles. The number of carboxylic acid groups (broad SMARTS) is 1. The lowest BCUT2D eigenvalue weighted by Crippen LogP contribution is -2.29. The van der Waals surface area contributed by atoms with Gasteiger partial charge in [0.25, 0.3) is 17.7 Å². The van der Waals surface area contributed by atoms with Crippen LogP contribution in [0.1, 0.15) is 52.6 Å². The number of carbonyl (C=O) groups is 4. The number of nitrogens with one attached hydrogen (secondary N) is 1. The summed E-state index contributed by atoms with van der Waals surface area (Å²) in [5.41, 5.74) is 6.15. The topological polar surface area (TPSA) is 155 Å². The number of rotatable bonds is 9. The summed E-state index contributed by atoms with van der Waals surface area (Å²) in [5.74, 6) is -2.53. The smallest absolute Gasteiger partial charge is 0.336 e. The molecule has 11 nitrogen and oxygen atoms in total. The van der Waals surface area contributed by atoms with E-state index in [2.05, 4.69) is 15.3 Å². The van der Waals surface area contributed by atoms with Crippen LogP contribution in [-0.4, -0.2) is 53.6 Å². The van der Waals surface area contributed by atoms with Crippen molar-refractivity contribution in [3.8, 4) is 33.9 Å². The van der Waals surface area contributed by atoms with Gasteiger partial charge in [-0.05, 0) is 77.9 Å². The van der Waals surface area contributed by atoms with Crippen LogP contribution in [0.4, 0.5) is 0 Å². The minimum Gasteiger partial charge on any atom is -0.478 e. The summed E-state index contributed by atoms with van der Waals surface area (Å²) < 4.78 is 0. The Morgan fingerprint density at radius 3 is 2.03 bits per heavy atom. The molecule has 1 aliphatic rings. The van der Waals surface area contributed by atoms with Gasteiger partial charge in [-0.15, -0.1) is 0 Å². The number of nitrogens with zero attached hydrogens (tertiary/aromatic N) is 5. The third-order valence-electron chi connectivity index (χ3n) is 10.1. The van der Waals surface area contributed by atoms with Crippen molar-refractivity contribution in [2.75, 3.05) is 0 Å². The number of carboxylic acids is 1. The van der Waals surface area contributed by atoms with Gasteiger partial charge in [-0.1, -0.05) is 77.8 Å². The van der Waals surface area contributed by atoms with E-state index >= 15 is 0 Å². The first-order chi connectivity index (χ1) is 28.7. The first kappa shape index (κ1) is 37.2. The molecule has 0 spiro atoms. The average molecular weight is 816 g/mol. The number of hydrogen-bond donors (Lipinski definition) is 2. The molecular formula is C46H28Cl2N6O5. The lowest BCUT2D eigenvalue weighted by atomic mass is 9.99. The summed E-state index contributed by atoms with van der Waals surface area (Å²) >= 11 is 13.8. The summed E-state index contributed by atoms with van der Waals surface area (Å²) in [6.45, 7) is -0.0185. The van der Waals surface area contributed by atoms with Gasteiger partial charge >= 0.3 is 5.97 Å². The molecule has 2 N–H and O–H groups in total. The van der Waals surface area contributed by atoms with Crippen molar-refractivity contribution in [2.45, 2.75) is 13.1 Å². The number of hydrogen-bond acceptors (Lipinski definition) is 8. The van der Waals surface area contributed by atoms with Gasteiger partial charge in [-0.2, -0.15) is 0 Å². The summed E-state index contributed by atoms with van der Waals surface area (Å²) in [7, 11) is 0. The number of para-hydroxylation sites is 1. The van der Waals surface area contributed by atoms with Gasteiger partial charge in [-0.25, -0.2) is 14.8 Å². The molecule has 8 aromatic rings. The van der Waals surface area contributed by atoms with Crippen LogP contribution < -0.4 is 5.32 Å². The number of fused-ring (bicyclic) bond motifs is 3. The lowest BCUT2D eigenvalue weighted by Gasteiger charge is -2.18. The van der Waals surface area contributed by atoms with Gasteiger partial charge in [-0.3, -0.25) is 29.3 Å². The van der Waals surface area contributed by atoms with Gasteiger partial charge in [0.1, 0.15) is 0 Å². The SMILES string of the molecule is O=C(O)c1ccccc1C(=O)NCc1cc2cccc(Cl)c2nc1-c1cc(-c2ccc3cc(CN4C(=O)c5ccccc5C4=O)c(-c4ccccn4)nc3c2Cl)ccn1. The number of imide groups is 1. The zero-order chi connectivity index (χ0) is 40.8. The Morgan fingerprint density at radius 1 is 0.627 bits per heavy atom. The van der Waals surface area contributed by atoms with Crippen LogP contribution >= 0.6 is 23.2 Å². The first-order valence-electron chi connectivity index (χ1n) is 18.3. The third-order valence-corrected chi connectivity index (χ3v) is 10.8. The zero-order valence-corrected chi connectivity index (χ0v) is 32.2. The second-order valence-electron chi connectivity index (χ2n) is 13.7. The maximum Gasteiger partial charge on any atom is 0.336 e. The molecule has 0 fully saturated rings. The number of benzene rings is 4. The molecule has 0 bridgehead atoms. The summed E-state index contributed by atoms with van der Waals surface area (Å²) in [6, 6.07) is 34.7. The van der Waals surface area contributed by atoms with E-state index in [-0.39, 0.29) is 36.0 Å². The number of amides is 3. The highest BCUT2D eigenvalue weighted by molar-refractivity contribution is 6.38. The van der Waals surface area contributed by atoms with Crippen molar-refractivity contribution < 1.29 is 24.3 Å². The quantitative estimate of drug-likeness (QED) is 0.136. The predicted molar refractivity (Wildman–Crippen MR) is 224 cm³/mol. The van der Waals surface area contributed by atoms with Crippen molar-refractivity contribution in [1.82, 2.24) is 30.2 Å². The second kappa shape index (κ2) is 15.2. The van der Waals surface area contributed by atoms with Crippen molar-refractivity contribution >= 4 is 68.7 Å². The molecule has 0 radical (unpaired) electrons. The van der Waals surface area contributed by atoms with E-state index in [4.69, 9.17) is 33.2 Å². The average Bonchev–Trinajstić information content (AvgIpc) is 3.50. The molecule has 0 saturated carbocycles. The molecule has 0 aliphatic carbocycles. The highest BCUT2D eigenvalue weighted by Crippen LogP contribution is 2.38. The number of pyridine rings is 4. The lowest BCUT2D eigenvalue weighted by molar-refractivity contribution is 0.0639. The monoisotopic (exact) mass is 814 g/mol. The van der Waals surface area contributed by atoms with Crippen LogP contribution in [0, 0.1) is 0 Å². The molecule has 4 aromatic carbocycles. The van der Waals surface area contributed by atoms with Crippen LogP contribution in [0.2, 0.25) is 10.0 Å². The van der Waals surface area contributed by atoms with Crippen molar-refractivity contribution in [1.29, 1.82) is 0 Å². The van der Waals surface area contributed by atoms with E-state index in [1.807, 2.05) is 48.5 Å². The molecule has 3 amide bonds. The minimum absolute atomic E-state index is 0.00345. The first-order valence-corrected chi connectivity index (χ1v) is 19.1. The fraction of sp³-hybridized carbons (Fsp3) is 0.0435. The van der Waals surface area contributed by atoms with E-state index in [0.717, 1.165) is 5.39 Å². The minimum atomic E-state index is -1.21. The molecule has 0 unspecified atom stereocenters. The molecule has 59 heavy (non-hydrogen) atoms. The summed E-state index contributed by atoms with van der Waals surface area (Å²) in [6.07, 6.45) is 3.28. The molecule has 0 atom stereocenters. The Morgan fingerprint density at radius 2 is 1.29 bits per heavy atom. The maximum absolute atomic E-state index is 13.4. The van der Waals surface area contributed by atoms with Crippen LogP contribution in [0.5, 0.6) is 0 Å². The Bertz CT molecular complexity index is 3030. The standard InChI is InChI=1S/C46H28Cl2N6O5/c47-35-13-7-8-26-20-28(23-51-43(55)31-9-1-4-12-34(31)46(58)59)40(52-39(26)35)37-22-25(17-19-50-37)30-16-15-27-21-29(24-54-44(56)32-10-2-3-11-33(32)45(54)57)41(53-42(27)38(30)48)36-14-5-6-18-49-36/h1-22H,23-24H2,(H,51,55)(H,58,59). The Balaban J connectivity index is 1.10. The Hall–Kier alpha value is -7.34. The number of halogens is 2. The van der Waals surface area contributed by atoms with Crippen LogP contribution in [0.15, 0.2) is 134 Å². The molecule has 1 aliphatic heterocycles. The molecule has 5 heterocycles. The van der Waals surface area contributed by atoms with Crippen molar-refractivity contribution in [3.63, 3.8) is 0 Å². The highest BCUT2D eigenvalue weighted by atomic mass is 35.5. The molecule has 286 valence electrons. The van der Waals surface area contributed by atoms with Gasteiger partial charge in [0, 0.05) is 40.8 Å². The number of aromatic carboxylic acids is 1. The Kier molecular flexibility index (Phi) is 9.60. The normalized spacial score (nSPS) is 12.3.